The Balaban J connectivity index is 1.82. The first-order valence-corrected chi connectivity index (χ1v) is 9.01. The molecular weight excluding hydrogens is 338 g/mol. The zero-order valence-electron chi connectivity index (χ0n) is 15.0. The number of aryl methyl sites for hydroxylation is 2. The lowest BCUT2D eigenvalue weighted by atomic mass is 10.1. The Morgan fingerprint density at radius 3 is 2.78 bits per heavy atom. The quantitative estimate of drug-likeness (QED) is 0.606. The van der Waals surface area contributed by atoms with Gasteiger partial charge in [0.1, 0.15) is 11.3 Å². The van der Waals surface area contributed by atoms with Crippen LogP contribution in [0, 0.1) is 0 Å². The van der Waals surface area contributed by atoms with E-state index in [9.17, 15) is 0 Å². The maximum Gasteiger partial charge on any atom is 0.215 e. The van der Waals surface area contributed by atoms with Gasteiger partial charge in [0, 0.05) is 18.0 Å². The van der Waals surface area contributed by atoms with Crippen LogP contribution in [0.4, 0.5) is 5.82 Å². The van der Waals surface area contributed by atoms with Gasteiger partial charge in [-0.1, -0.05) is 6.07 Å². The maximum absolute atomic E-state index is 6.16. The Hall–Kier alpha value is -3.41. The highest BCUT2D eigenvalue weighted by atomic mass is 16.5. The fourth-order valence-corrected chi connectivity index (χ4v) is 3.78. The summed E-state index contributed by atoms with van der Waals surface area (Å²) in [5.41, 5.74) is 12.3. The second-order valence-corrected chi connectivity index (χ2v) is 6.71. The molecule has 134 valence electrons. The molecule has 1 aliphatic carbocycles. The molecule has 0 radical (unpaired) electrons. The van der Waals surface area contributed by atoms with E-state index >= 15 is 0 Å². The summed E-state index contributed by atoms with van der Waals surface area (Å²) in [6, 6.07) is 14.1. The van der Waals surface area contributed by atoms with E-state index < -0.39 is 0 Å². The van der Waals surface area contributed by atoms with Crippen molar-refractivity contribution in [1.82, 2.24) is 19.5 Å². The second-order valence-electron chi connectivity index (χ2n) is 6.71. The summed E-state index contributed by atoms with van der Waals surface area (Å²) in [6.45, 7) is 0. The molecule has 6 nitrogen and oxygen atoms in total. The summed E-state index contributed by atoms with van der Waals surface area (Å²) in [7, 11) is 1.62. The highest BCUT2D eigenvalue weighted by Crippen LogP contribution is 2.33. The van der Waals surface area contributed by atoms with Crippen molar-refractivity contribution in [2.45, 2.75) is 19.3 Å². The van der Waals surface area contributed by atoms with Gasteiger partial charge in [0.15, 0.2) is 11.5 Å². The number of anilines is 1. The molecule has 0 fully saturated rings. The van der Waals surface area contributed by atoms with Gasteiger partial charge in [0.2, 0.25) is 5.88 Å². The number of hydrogen-bond acceptors (Lipinski definition) is 5. The van der Waals surface area contributed by atoms with Gasteiger partial charge >= 0.3 is 0 Å². The highest BCUT2D eigenvalue weighted by Gasteiger charge is 2.20. The van der Waals surface area contributed by atoms with Crippen LogP contribution in [0.25, 0.3) is 28.2 Å². The minimum atomic E-state index is 0.446. The summed E-state index contributed by atoms with van der Waals surface area (Å²) in [4.78, 5) is 13.7. The number of nitrogens with two attached hydrogens (primary N) is 1. The molecule has 5 rings (SSSR count). The third kappa shape index (κ3) is 2.52. The number of imidazole rings is 1. The zero-order chi connectivity index (χ0) is 18.4. The largest absolute Gasteiger partial charge is 0.481 e. The number of aromatic nitrogens is 4. The number of ether oxygens (including phenoxy) is 1. The Morgan fingerprint density at radius 2 is 1.93 bits per heavy atom. The third-order valence-electron chi connectivity index (χ3n) is 5.11. The normalized spacial score (nSPS) is 13.1. The van der Waals surface area contributed by atoms with Crippen molar-refractivity contribution in [3.63, 3.8) is 0 Å². The van der Waals surface area contributed by atoms with Gasteiger partial charge in [-0.15, -0.1) is 0 Å². The molecule has 0 atom stereocenters. The van der Waals surface area contributed by atoms with E-state index in [4.69, 9.17) is 15.5 Å². The first-order valence-electron chi connectivity index (χ1n) is 9.01. The van der Waals surface area contributed by atoms with Crippen molar-refractivity contribution in [3.05, 3.63) is 59.8 Å². The van der Waals surface area contributed by atoms with Crippen LogP contribution in [0.3, 0.4) is 0 Å². The van der Waals surface area contributed by atoms with Crippen molar-refractivity contribution < 1.29 is 4.74 Å². The van der Waals surface area contributed by atoms with Crippen LogP contribution in [0.15, 0.2) is 48.7 Å². The first-order chi connectivity index (χ1) is 13.2. The van der Waals surface area contributed by atoms with Gasteiger partial charge in [-0.2, -0.15) is 4.98 Å². The minimum absolute atomic E-state index is 0.446. The van der Waals surface area contributed by atoms with E-state index in [1.807, 2.05) is 28.8 Å². The summed E-state index contributed by atoms with van der Waals surface area (Å²) in [5.74, 6) is 1.73. The number of methoxy groups -OCH3 is 1. The lowest BCUT2D eigenvalue weighted by Gasteiger charge is -2.12. The van der Waals surface area contributed by atoms with Crippen LogP contribution in [-0.2, 0) is 12.8 Å². The molecule has 3 aromatic heterocycles. The summed E-state index contributed by atoms with van der Waals surface area (Å²) < 4.78 is 7.38. The second kappa shape index (κ2) is 6.09. The van der Waals surface area contributed by atoms with Gasteiger partial charge in [-0.3, -0.25) is 4.57 Å². The van der Waals surface area contributed by atoms with Gasteiger partial charge < -0.3 is 10.5 Å². The molecule has 0 amide bonds. The van der Waals surface area contributed by atoms with E-state index in [-0.39, 0.29) is 0 Å². The van der Waals surface area contributed by atoms with E-state index in [0.29, 0.717) is 11.7 Å². The third-order valence-corrected chi connectivity index (χ3v) is 5.11. The molecule has 3 heterocycles. The molecule has 0 unspecified atom stereocenters. The summed E-state index contributed by atoms with van der Waals surface area (Å²) >= 11 is 0. The standard InChI is InChI=1S/C21H19N5O/c1-27-18-10-9-17-21(25-18)26(15-8-7-13-4-2-5-14(13)12-15)20(24-17)16-6-3-11-23-19(16)22/h3,6-12H,2,4-5H2,1H3,(H2,22,23). The van der Waals surface area contributed by atoms with Crippen molar-refractivity contribution in [2.24, 2.45) is 0 Å². The number of pyridine rings is 2. The Morgan fingerprint density at radius 1 is 1.04 bits per heavy atom. The van der Waals surface area contributed by atoms with Gasteiger partial charge in [-0.05, 0) is 60.7 Å². The maximum atomic E-state index is 6.16. The average Bonchev–Trinajstić information content (AvgIpc) is 3.31. The van der Waals surface area contributed by atoms with Crippen LogP contribution < -0.4 is 10.5 Å². The molecule has 0 bridgehead atoms. The Bertz CT molecular complexity index is 1160. The Labute approximate surface area is 156 Å². The summed E-state index contributed by atoms with van der Waals surface area (Å²) in [6.07, 6.45) is 5.14. The molecule has 1 aliphatic rings. The Kier molecular flexibility index (Phi) is 3.57. The number of nitrogen functional groups attached to an aromatic ring is 1. The predicted octanol–water partition coefficient (Wildman–Crippen LogP) is 3.56. The molecule has 0 spiro atoms. The fraction of sp³-hybridized carbons (Fsp3) is 0.190. The van der Waals surface area contributed by atoms with Gasteiger partial charge in [0.05, 0.1) is 12.7 Å². The number of nitrogens with zero attached hydrogens (tertiary/aromatic N) is 4. The molecule has 2 N–H and O–H groups in total. The number of fused-ring (bicyclic) bond motifs is 2. The van der Waals surface area contributed by atoms with Crippen molar-refractivity contribution in [3.8, 4) is 23.0 Å². The highest BCUT2D eigenvalue weighted by molar-refractivity contribution is 5.83. The van der Waals surface area contributed by atoms with E-state index in [1.54, 1.807) is 13.3 Å². The zero-order valence-corrected chi connectivity index (χ0v) is 15.0. The molecule has 27 heavy (non-hydrogen) atoms. The van der Waals surface area contributed by atoms with Crippen molar-refractivity contribution >= 4 is 17.0 Å². The van der Waals surface area contributed by atoms with Crippen LogP contribution in [0.1, 0.15) is 17.5 Å². The van der Waals surface area contributed by atoms with Crippen LogP contribution >= 0.6 is 0 Å². The number of hydrogen-bond donors (Lipinski definition) is 1. The molecule has 0 aliphatic heterocycles. The lowest BCUT2D eigenvalue weighted by Crippen LogP contribution is -2.03. The monoisotopic (exact) mass is 357 g/mol. The first kappa shape index (κ1) is 15.8. The van der Waals surface area contributed by atoms with Crippen LogP contribution in [0.5, 0.6) is 5.88 Å². The van der Waals surface area contributed by atoms with Gasteiger partial charge in [-0.25, -0.2) is 9.97 Å². The number of benzene rings is 1. The average molecular weight is 357 g/mol. The molecule has 6 heteroatoms. The van der Waals surface area contributed by atoms with E-state index in [0.717, 1.165) is 41.1 Å². The number of rotatable bonds is 3. The molecule has 1 aromatic carbocycles. The van der Waals surface area contributed by atoms with Crippen LogP contribution in [-0.4, -0.2) is 26.6 Å². The SMILES string of the molecule is COc1ccc2nc(-c3cccnc3N)n(-c3ccc4c(c3)CCC4)c2n1. The lowest BCUT2D eigenvalue weighted by molar-refractivity contribution is 0.399. The van der Waals surface area contributed by atoms with Crippen LogP contribution in [0.2, 0.25) is 0 Å². The molecular formula is C21H19N5O. The molecule has 0 saturated carbocycles. The minimum Gasteiger partial charge on any atom is -0.481 e. The predicted molar refractivity (Wildman–Crippen MR) is 105 cm³/mol. The molecule has 4 aromatic rings. The molecule has 0 saturated heterocycles. The van der Waals surface area contributed by atoms with Gasteiger partial charge in [0.25, 0.3) is 0 Å². The van der Waals surface area contributed by atoms with E-state index in [1.165, 1.54) is 17.5 Å². The van der Waals surface area contributed by atoms with Crippen molar-refractivity contribution in [1.29, 1.82) is 0 Å². The fourth-order valence-electron chi connectivity index (χ4n) is 3.78. The van der Waals surface area contributed by atoms with E-state index in [2.05, 4.69) is 28.2 Å². The smallest absolute Gasteiger partial charge is 0.215 e. The van der Waals surface area contributed by atoms with Crippen molar-refractivity contribution in [2.75, 3.05) is 12.8 Å². The topological polar surface area (TPSA) is 78.9 Å². The summed E-state index contributed by atoms with van der Waals surface area (Å²) in [5, 5.41) is 0.